The van der Waals surface area contributed by atoms with Gasteiger partial charge in [-0.15, -0.1) is 0 Å². The van der Waals surface area contributed by atoms with E-state index in [0.29, 0.717) is 0 Å². The lowest BCUT2D eigenvalue weighted by Crippen LogP contribution is -2.10. The molecule has 6 heteroatoms. The molecule has 0 aliphatic rings. The molecule has 0 aliphatic heterocycles. The van der Waals surface area contributed by atoms with Crippen LogP contribution in [0.15, 0.2) is 90.0 Å². The van der Waals surface area contributed by atoms with Gasteiger partial charge in [-0.25, -0.2) is 0 Å². The Morgan fingerprint density at radius 2 is 1.84 bits per heavy atom. The monoisotopic (exact) mass is 503 g/mol. The van der Waals surface area contributed by atoms with Gasteiger partial charge in [0, 0.05) is 33.7 Å². The van der Waals surface area contributed by atoms with Crippen LogP contribution in [0.4, 0.5) is 5.69 Å². The zero-order chi connectivity index (χ0) is 25.6. The lowest BCUT2D eigenvalue weighted by Gasteiger charge is -2.20. The highest BCUT2D eigenvalue weighted by atomic mass is 32.1. The predicted octanol–water partition coefficient (Wildman–Crippen LogP) is 8.86. The Morgan fingerprint density at radius 1 is 0.946 bits per heavy atom. The van der Waals surface area contributed by atoms with Crippen LogP contribution in [0.25, 0.3) is 55.4 Å². The van der Waals surface area contributed by atoms with E-state index in [1.165, 1.54) is 16.5 Å². The average molecular weight is 504 g/mol. The number of benzene rings is 2. The second kappa shape index (κ2) is 9.05. The van der Waals surface area contributed by atoms with Crippen molar-refractivity contribution in [2.24, 2.45) is 5.41 Å². The summed E-state index contributed by atoms with van der Waals surface area (Å²) in [6.07, 6.45) is 4.63. The summed E-state index contributed by atoms with van der Waals surface area (Å²) in [6.45, 7) is 10.8. The second-order valence-electron chi connectivity index (χ2n) is 10.7. The van der Waals surface area contributed by atoms with Crippen molar-refractivity contribution >= 4 is 38.8 Å². The molecule has 0 saturated carbocycles. The molecule has 184 valence electrons. The summed E-state index contributed by atoms with van der Waals surface area (Å²) in [7, 11) is 0. The number of allylic oxidation sites excluding steroid dienone is 1. The van der Waals surface area contributed by atoms with E-state index in [4.69, 9.17) is 0 Å². The molecule has 0 bridgehead atoms. The number of fused-ring (bicyclic) bond motifs is 2. The maximum atomic E-state index is 4.69. The number of H-pyrrole nitrogens is 2. The van der Waals surface area contributed by atoms with E-state index in [1.54, 1.807) is 11.3 Å². The normalized spacial score (nSPS) is 11.9. The molecule has 4 aromatic heterocycles. The van der Waals surface area contributed by atoms with Crippen LogP contribution in [0, 0.1) is 5.41 Å². The average Bonchev–Trinajstić information content (AvgIpc) is 3.61. The number of anilines is 1. The van der Waals surface area contributed by atoms with Crippen molar-refractivity contribution in [1.82, 2.24) is 20.2 Å². The summed E-state index contributed by atoms with van der Waals surface area (Å²) in [6, 6.07) is 19.3. The minimum atomic E-state index is 0.172. The van der Waals surface area contributed by atoms with Gasteiger partial charge in [0.15, 0.2) is 0 Å². The molecular formula is C31H29N5S. The highest BCUT2D eigenvalue weighted by molar-refractivity contribution is 7.08. The molecule has 3 N–H and O–H groups in total. The first-order chi connectivity index (χ1) is 17.8. The molecular weight excluding hydrogens is 474 g/mol. The highest BCUT2D eigenvalue weighted by Gasteiger charge is 2.15. The van der Waals surface area contributed by atoms with Gasteiger partial charge >= 0.3 is 0 Å². The molecule has 0 amide bonds. The third-order valence-corrected chi connectivity index (χ3v) is 7.13. The summed E-state index contributed by atoms with van der Waals surface area (Å²) < 4.78 is 0. The minimum Gasteiger partial charge on any atom is -0.358 e. The van der Waals surface area contributed by atoms with Gasteiger partial charge in [0.2, 0.25) is 0 Å². The molecule has 0 radical (unpaired) electrons. The van der Waals surface area contributed by atoms with Crippen molar-refractivity contribution in [2.75, 3.05) is 5.32 Å². The molecule has 5 nitrogen and oxygen atoms in total. The standard InChI is InChI=1S/C31H29N5S/c1-19(15-31(2,3)4)33-23-12-22(16-32-17-23)20-8-9-28-26(13-20)30(36-35-28)29-14-25-24(21-10-11-37-18-21)6-5-7-27(25)34-29/h5-14,16-18,33-34H,1,15H2,2-4H3,(H,35,36). The lowest BCUT2D eigenvalue weighted by atomic mass is 9.91. The molecule has 0 saturated heterocycles. The Balaban J connectivity index is 1.36. The topological polar surface area (TPSA) is 69.4 Å². The van der Waals surface area contributed by atoms with Crippen LogP contribution in [-0.2, 0) is 0 Å². The number of aromatic nitrogens is 4. The molecule has 37 heavy (non-hydrogen) atoms. The van der Waals surface area contributed by atoms with Crippen LogP contribution >= 0.6 is 11.3 Å². The fourth-order valence-corrected chi connectivity index (χ4v) is 5.56. The molecule has 6 rings (SSSR count). The van der Waals surface area contributed by atoms with Crippen LogP contribution in [-0.4, -0.2) is 20.2 Å². The summed E-state index contributed by atoms with van der Waals surface area (Å²) >= 11 is 1.71. The minimum absolute atomic E-state index is 0.172. The van der Waals surface area contributed by atoms with Crippen LogP contribution < -0.4 is 5.32 Å². The number of aromatic amines is 2. The second-order valence-corrected chi connectivity index (χ2v) is 11.5. The zero-order valence-corrected chi connectivity index (χ0v) is 22.0. The van der Waals surface area contributed by atoms with Crippen molar-refractivity contribution in [3.63, 3.8) is 0 Å². The van der Waals surface area contributed by atoms with E-state index in [9.17, 15) is 0 Å². The van der Waals surface area contributed by atoms with E-state index in [0.717, 1.165) is 56.7 Å². The van der Waals surface area contributed by atoms with Crippen LogP contribution in [0.2, 0.25) is 0 Å². The van der Waals surface area contributed by atoms with E-state index >= 15 is 0 Å². The summed E-state index contributed by atoms with van der Waals surface area (Å²) in [5, 5.41) is 17.9. The van der Waals surface area contributed by atoms with Crippen molar-refractivity contribution in [3.8, 4) is 33.6 Å². The van der Waals surface area contributed by atoms with Gasteiger partial charge < -0.3 is 10.3 Å². The molecule has 0 aliphatic carbocycles. The number of hydrogen-bond donors (Lipinski definition) is 3. The summed E-state index contributed by atoms with van der Waals surface area (Å²) in [5.41, 5.74) is 10.7. The molecule has 0 unspecified atom stereocenters. The lowest BCUT2D eigenvalue weighted by molar-refractivity contribution is 0.411. The van der Waals surface area contributed by atoms with Crippen molar-refractivity contribution < 1.29 is 0 Å². The van der Waals surface area contributed by atoms with Gasteiger partial charge in [0.25, 0.3) is 0 Å². The smallest absolute Gasteiger partial charge is 0.116 e. The zero-order valence-electron chi connectivity index (χ0n) is 21.2. The van der Waals surface area contributed by atoms with Gasteiger partial charge in [-0.3, -0.25) is 10.1 Å². The van der Waals surface area contributed by atoms with E-state index in [2.05, 4.69) is 118 Å². The Bertz CT molecular complexity index is 1730. The molecule has 0 fully saturated rings. The van der Waals surface area contributed by atoms with Crippen molar-refractivity contribution in [1.29, 1.82) is 0 Å². The maximum absolute atomic E-state index is 4.69. The number of hydrogen-bond acceptors (Lipinski definition) is 4. The van der Waals surface area contributed by atoms with E-state index in [1.807, 2.05) is 12.4 Å². The van der Waals surface area contributed by atoms with Crippen LogP contribution in [0.5, 0.6) is 0 Å². The van der Waals surface area contributed by atoms with Gasteiger partial charge in [-0.1, -0.05) is 45.5 Å². The Hall–Kier alpha value is -4.16. The van der Waals surface area contributed by atoms with Crippen LogP contribution in [0.3, 0.4) is 0 Å². The Labute approximate surface area is 220 Å². The van der Waals surface area contributed by atoms with Crippen molar-refractivity contribution in [2.45, 2.75) is 27.2 Å². The molecule has 4 heterocycles. The molecule has 0 spiro atoms. The molecule has 6 aromatic rings. The number of nitrogens with one attached hydrogen (secondary N) is 3. The van der Waals surface area contributed by atoms with Gasteiger partial charge in [-0.05, 0) is 75.7 Å². The summed E-state index contributed by atoms with van der Waals surface area (Å²) in [5.74, 6) is 0. The van der Waals surface area contributed by atoms with Crippen molar-refractivity contribution in [3.05, 3.63) is 90.0 Å². The molecule has 2 aromatic carbocycles. The third-order valence-electron chi connectivity index (χ3n) is 6.45. The third kappa shape index (κ3) is 4.68. The van der Waals surface area contributed by atoms with Gasteiger partial charge in [-0.2, -0.15) is 16.4 Å². The Morgan fingerprint density at radius 3 is 2.65 bits per heavy atom. The van der Waals surface area contributed by atoms with Gasteiger partial charge in [0.1, 0.15) is 5.69 Å². The maximum Gasteiger partial charge on any atom is 0.116 e. The predicted molar refractivity (Wildman–Crippen MR) is 157 cm³/mol. The largest absolute Gasteiger partial charge is 0.358 e. The number of rotatable bonds is 6. The quantitative estimate of drug-likeness (QED) is 0.213. The highest BCUT2D eigenvalue weighted by Crippen LogP contribution is 2.36. The first-order valence-electron chi connectivity index (χ1n) is 12.4. The SMILES string of the molecule is C=C(CC(C)(C)C)Nc1cncc(-c2ccc3[nH]nc(-c4cc5c(-c6ccsc6)cccc5[nH]4)c3c2)c1. The fourth-order valence-electron chi connectivity index (χ4n) is 4.91. The first-order valence-corrected chi connectivity index (χ1v) is 13.3. The van der Waals surface area contributed by atoms with Gasteiger partial charge in [0.05, 0.1) is 23.1 Å². The van der Waals surface area contributed by atoms with E-state index < -0.39 is 0 Å². The van der Waals surface area contributed by atoms with E-state index in [-0.39, 0.29) is 5.41 Å². The first kappa shape index (κ1) is 23.3. The molecule has 0 atom stereocenters. The number of thiophene rings is 1. The fraction of sp³-hybridized carbons (Fsp3) is 0.161. The summed E-state index contributed by atoms with van der Waals surface area (Å²) in [4.78, 5) is 8.08. The Kier molecular flexibility index (Phi) is 5.69. The van der Waals surface area contributed by atoms with Crippen LogP contribution in [0.1, 0.15) is 27.2 Å². The number of pyridine rings is 1. The number of nitrogens with zero attached hydrogens (tertiary/aromatic N) is 2.